The highest BCUT2D eigenvalue weighted by Gasteiger charge is 2.53. The second-order valence-electron chi connectivity index (χ2n) is 5.62. The maximum atomic E-state index is 13.7. The Bertz CT molecular complexity index is 824. The summed E-state index contributed by atoms with van der Waals surface area (Å²) >= 11 is 0. The standard InChI is InChI=1S/C15H9F8NO/c16-9-2-1-6(3-7(9)13(17)18)24-5-8(15(21,22)23)11-10(24)4-14(19,20)12(11)25/h1-3,5,12-13,25H,4H2. The number of rotatable bonds is 2. The van der Waals surface area contributed by atoms with E-state index in [9.17, 15) is 40.2 Å². The fourth-order valence-corrected chi connectivity index (χ4v) is 2.88. The summed E-state index contributed by atoms with van der Waals surface area (Å²) in [4.78, 5) is 0. The summed E-state index contributed by atoms with van der Waals surface area (Å²) in [6, 6.07) is 2.09. The van der Waals surface area contributed by atoms with Gasteiger partial charge in [0.1, 0.15) is 11.9 Å². The zero-order chi connectivity index (χ0) is 18.7. The number of benzene rings is 1. The Morgan fingerprint density at radius 1 is 1.20 bits per heavy atom. The van der Waals surface area contributed by atoms with Crippen LogP contribution in [-0.4, -0.2) is 15.6 Å². The van der Waals surface area contributed by atoms with Crippen LogP contribution in [-0.2, 0) is 12.6 Å². The summed E-state index contributed by atoms with van der Waals surface area (Å²) in [5.41, 5.74) is -4.46. The van der Waals surface area contributed by atoms with Gasteiger partial charge >= 0.3 is 6.18 Å². The Labute approximate surface area is 135 Å². The highest BCUT2D eigenvalue weighted by Crippen LogP contribution is 2.50. The van der Waals surface area contributed by atoms with E-state index in [1.807, 2.05) is 0 Å². The lowest BCUT2D eigenvalue weighted by Crippen LogP contribution is -2.23. The predicted molar refractivity (Wildman–Crippen MR) is 69.3 cm³/mol. The maximum absolute atomic E-state index is 13.7. The van der Waals surface area contributed by atoms with E-state index >= 15 is 0 Å². The number of nitrogens with zero attached hydrogens (tertiary/aromatic N) is 1. The number of aliphatic hydroxyl groups excluding tert-OH is 1. The van der Waals surface area contributed by atoms with Crippen LogP contribution in [0.3, 0.4) is 0 Å². The molecule has 1 aromatic heterocycles. The molecule has 1 aromatic carbocycles. The van der Waals surface area contributed by atoms with Gasteiger partial charge in [0.2, 0.25) is 0 Å². The highest BCUT2D eigenvalue weighted by molar-refractivity contribution is 5.49. The predicted octanol–water partition coefficient (Wildman–Crippen LogP) is 4.80. The molecule has 10 heteroatoms. The van der Waals surface area contributed by atoms with Gasteiger partial charge in [-0.3, -0.25) is 0 Å². The van der Waals surface area contributed by atoms with Gasteiger partial charge in [-0.2, -0.15) is 13.2 Å². The Hall–Kier alpha value is -2.10. The molecule has 0 saturated carbocycles. The van der Waals surface area contributed by atoms with E-state index in [2.05, 4.69) is 0 Å². The van der Waals surface area contributed by atoms with Gasteiger partial charge in [0, 0.05) is 23.1 Å². The average Bonchev–Trinajstić information content (AvgIpc) is 2.94. The minimum absolute atomic E-state index is 0.339. The first-order valence-corrected chi connectivity index (χ1v) is 6.88. The van der Waals surface area contributed by atoms with Crippen molar-refractivity contribution in [3.63, 3.8) is 0 Å². The van der Waals surface area contributed by atoms with Crippen LogP contribution in [0.2, 0.25) is 0 Å². The van der Waals surface area contributed by atoms with E-state index in [-0.39, 0.29) is 5.69 Å². The van der Waals surface area contributed by atoms with Gasteiger partial charge < -0.3 is 9.67 Å². The van der Waals surface area contributed by atoms with E-state index in [1.165, 1.54) is 0 Å². The summed E-state index contributed by atoms with van der Waals surface area (Å²) in [7, 11) is 0. The molecule has 2 aromatic rings. The molecular weight excluding hydrogens is 362 g/mol. The summed E-state index contributed by atoms with van der Waals surface area (Å²) in [6.07, 6.45) is -11.7. The molecule has 0 spiro atoms. The van der Waals surface area contributed by atoms with E-state index < -0.39 is 59.3 Å². The minimum atomic E-state index is -5.04. The molecule has 0 amide bonds. The number of aromatic nitrogens is 1. The first-order valence-electron chi connectivity index (χ1n) is 6.88. The zero-order valence-electron chi connectivity index (χ0n) is 12.1. The van der Waals surface area contributed by atoms with Crippen LogP contribution < -0.4 is 0 Å². The van der Waals surface area contributed by atoms with Crippen LogP contribution in [0.4, 0.5) is 35.1 Å². The van der Waals surface area contributed by atoms with Crippen LogP contribution >= 0.6 is 0 Å². The molecule has 0 fully saturated rings. The molecule has 1 atom stereocenters. The summed E-state index contributed by atoms with van der Waals surface area (Å²) in [6.45, 7) is 0. The van der Waals surface area contributed by atoms with Gasteiger partial charge in [0.25, 0.3) is 12.3 Å². The van der Waals surface area contributed by atoms with Crippen molar-refractivity contribution >= 4 is 0 Å². The molecule has 2 nitrogen and oxygen atoms in total. The van der Waals surface area contributed by atoms with Crippen LogP contribution in [0.5, 0.6) is 0 Å². The van der Waals surface area contributed by atoms with Gasteiger partial charge in [-0.1, -0.05) is 0 Å². The van der Waals surface area contributed by atoms with Crippen molar-refractivity contribution in [1.82, 2.24) is 4.57 Å². The number of hydrogen-bond donors (Lipinski definition) is 1. The topological polar surface area (TPSA) is 25.2 Å². The Kier molecular flexibility index (Phi) is 3.86. The first-order chi connectivity index (χ1) is 11.4. The van der Waals surface area contributed by atoms with Gasteiger partial charge in [0.15, 0.2) is 0 Å². The largest absolute Gasteiger partial charge is 0.418 e. The molecule has 1 aliphatic rings. The molecule has 0 saturated heterocycles. The molecule has 1 N–H and O–H groups in total. The summed E-state index contributed by atoms with van der Waals surface area (Å²) in [5.74, 6) is -5.11. The number of alkyl halides is 7. The monoisotopic (exact) mass is 371 g/mol. The quantitative estimate of drug-likeness (QED) is 0.754. The van der Waals surface area contributed by atoms with Crippen molar-refractivity contribution in [1.29, 1.82) is 0 Å². The zero-order valence-corrected chi connectivity index (χ0v) is 12.1. The van der Waals surface area contributed by atoms with Crippen LogP contribution in [0.15, 0.2) is 24.4 Å². The van der Waals surface area contributed by atoms with Crippen molar-refractivity contribution in [3.8, 4) is 5.69 Å². The van der Waals surface area contributed by atoms with Crippen molar-refractivity contribution in [2.24, 2.45) is 0 Å². The van der Waals surface area contributed by atoms with Crippen molar-refractivity contribution in [3.05, 3.63) is 52.6 Å². The molecule has 0 bridgehead atoms. The summed E-state index contributed by atoms with van der Waals surface area (Å²) in [5, 5.41) is 9.56. The number of fused-ring (bicyclic) bond motifs is 1. The van der Waals surface area contributed by atoms with Gasteiger partial charge in [-0.05, 0) is 18.2 Å². The number of halogens is 8. The van der Waals surface area contributed by atoms with E-state index in [4.69, 9.17) is 0 Å². The lowest BCUT2D eigenvalue weighted by molar-refractivity contribution is -0.142. The highest BCUT2D eigenvalue weighted by atomic mass is 19.4. The fraction of sp³-hybridized carbons (Fsp3) is 0.333. The number of aliphatic hydroxyl groups is 1. The lowest BCUT2D eigenvalue weighted by Gasteiger charge is -2.16. The third kappa shape index (κ3) is 2.78. The fourth-order valence-electron chi connectivity index (χ4n) is 2.88. The Morgan fingerprint density at radius 2 is 1.84 bits per heavy atom. The second kappa shape index (κ2) is 5.45. The Morgan fingerprint density at radius 3 is 2.40 bits per heavy atom. The first kappa shape index (κ1) is 17.7. The van der Waals surface area contributed by atoms with Gasteiger partial charge in [-0.15, -0.1) is 0 Å². The lowest BCUT2D eigenvalue weighted by atomic mass is 10.1. The van der Waals surface area contributed by atoms with Crippen molar-refractivity contribution < 1.29 is 40.2 Å². The van der Waals surface area contributed by atoms with E-state index in [0.717, 1.165) is 6.07 Å². The molecule has 1 unspecified atom stereocenters. The van der Waals surface area contributed by atoms with Crippen LogP contribution in [0.25, 0.3) is 5.69 Å². The molecule has 3 rings (SSSR count). The van der Waals surface area contributed by atoms with E-state index in [0.29, 0.717) is 22.9 Å². The second-order valence-corrected chi connectivity index (χ2v) is 5.62. The minimum Gasteiger partial charge on any atom is -0.382 e. The number of hydrogen-bond acceptors (Lipinski definition) is 1. The Balaban J connectivity index is 2.23. The van der Waals surface area contributed by atoms with Gasteiger partial charge in [0.05, 0.1) is 17.5 Å². The molecule has 1 aliphatic carbocycles. The molecule has 0 radical (unpaired) electrons. The average molecular weight is 371 g/mol. The molecule has 1 heterocycles. The van der Waals surface area contributed by atoms with Crippen molar-refractivity contribution in [2.75, 3.05) is 0 Å². The molecular formula is C15H9F8NO. The normalized spacial score (nSPS) is 19.5. The third-order valence-electron chi connectivity index (χ3n) is 4.02. The van der Waals surface area contributed by atoms with Crippen LogP contribution in [0.1, 0.15) is 34.9 Å². The van der Waals surface area contributed by atoms with Gasteiger partial charge in [-0.25, -0.2) is 22.0 Å². The maximum Gasteiger partial charge on any atom is 0.418 e. The SMILES string of the molecule is OC1c2c(C(F)(F)F)cn(-c3ccc(F)c(C(F)F)c3)c2CC1(F)F. The molecule has 136 valence electrons. The van der Waals surface area contributed by atoms with Crippen molar-refractivity contribution in [2.45, 2.75) is 31.0 Å². The summed E-state index contributed by atoms with van der Waals surface area (Å²) < 4.78 is 106. The molecule has 25 heavy (non-hydrogen) atoms. The van der Waals surface area contributed by atoms with Crippen LogP contribution in [0, 0.1) is 5.82 Å². The smallest absolute Gasteiger partial charge is 0.382 e. The van der Waals surface area contributed by atoms with E-state index in [1.54, 1.807) is 0 Å². The molecule has 0 aliphatic heterocycles. The third-order valence-corrected chi connectivity index (χ3v) is 4.02.